The van der Waals surface area contributed by atoms with E-state index in [1.165, 1.54) is 4.70 Å². The van der Waals surface area contributed by atoms with Crippen LogP contribution < -0.4 is 4.74 Å². The number of phenolic OH excluding ortho intramolecular Hbond substituents is 1. The van der Waals surface area contributed by atoms with Crippen LogP contribution in [0.5, 0.6) is 11.5 Å². The molecule has 3 aromatic rings. The summed E-state index contributed by atoms with van der Waals surface area (Å²) in [7, 11) is 0. The van der Waals surface area contributed by atoms with E-state index < -0.39 is 0 Å². The number of hydrogen-bond donors (Lipinski definition) is 1. The van der Waals surface area contributed by atoms with Crippen LogP contribution in [0.25, 0.3) is 10.2 Å². The van der Waals surface area contributed by atoms with E-state index in [2.05, 4.69) is 11.1 Å². The van der Waals surface area contributed by atoms with Crippen LogP contribution in [0, 0.1) is 12.8 Å². The highest BCUT2D eigenvalue weighted by Crippen LogP contribution is 2.32. The Hall–Kier alpha value is -2.05. The van der Waals surface area contributed by atoms with E-state index in [9.17, 15) is 9.90 Å². The number of ketones is 1. The number of fused-ring (bicyclic) bond motifs is 1. The Kier molecular flexibility index (Phi) is 7.56. The number of carbonyl (C=O) groups excluding carboxylic acids is 1. The number of aromatic nitrogens is 1. The van der Waals surface area contributed by atoms with E-state index in [4.69, 9.17) is 4.74 Å². The predicted molar refractivity (Wildman–Crippen MR) is 122 cm³/mol. The van der Waals surface area contributed by atoms with Gasteiger partial charge in [0.15, 0.2) is 10.1 Å². The van der Waals surface area contributed by atoms with E-state index >= 15 is 0 Å². The average Bonchev–Trinajstić information content (AvgIpc) is 3.10. The fourth-order valence-electron chi connectivity index (χ4n) is 3.00. The summed E-state index contributed by atoms with van der Waals surface area (Å²) < 4.78 is 8.17. The van der Waals surface area contributed by atoms with E-state index in [-0.39, 0.29) is 17.5 Å². The standard InChI is InChI=1S/C23H27NO3S2/c1-15(2)14-19(25)17-10-11-20(16(3)22(17)26)27-12-6-7-13-28-23-24-18-8-4-5-9-21(18)29-23/h4-5,8-11,15,26H,6-7,12-14H2,1-3H3. The lowest BCUT2D eigenvalue weighted by Gasteiger charge is -2.13. The maximum Gasteiger partial charge on any atom is 0.166 e. The van der Waals surface area contributed by atoms with Crippen molar-refractivity contribution in [3.63, 3.8) is 0 Å². The molecule has 0 fully saturated rings. The van der Waals surface area contributed by atoms with Crippen LogP contribution in [0.15, 0.2) is 40.7 Å². The molecule has 6 heteroatoms. The van der Waals surface area contributed by atoms with Gasteiger partial charge in [-0.2, -0.15) is 0 Å². The lowest BCUT2D eigenvalue weighted by Crippen LogP contribution is -2.06. The van der Waals surface area contributed by atoms with Crippen LogP contribution in [-0.4, -0.2) is 28.2 Å². The van der Waals surface area contributed by atoms with Crippen LogP contribution in [0.2, 0.25) is 0 Å². The number of benzene rings is 2. The van der Waals surface area contributed by atoms with Gasteiger partial charge in [-0.25, -0.2) is 4.98 Å². The molecule has 0 unspecified atom stereocenters. The van der Waals surface area contributed by atoms with Crippen molar-refractivity contribution in [1.82, 2.24) is 4.98 Å². The number of para-hydroxylation sites is 1. The van der Waals surface area contributed by atoms with E-state index in [0.717, 1.165) is 28.5 Å². The summed E-state index contributed by atoms with van der Waals surface area (Å²) >= 11 is 3.52. The number of ether oxygens (including phenoxy) is 1. The molecule has 0 saturated heterocycles. The molecule has 3 rings (SSSR count). The van der Waals surface area contributed by atoms with E-state index in [0.29, 0.717) is 29.9 Å². The summed E-state index contributed by atoms with van der Waals surface area (Å²) in [5.41, 5.74) is 2.08. The second-order valence-corrected chi connectivity index (χ2v) is 9.83. The Balaban J connectivity index is 1.44. The van der Waals surface area contributed by atoms with Crippen molar-refractivity contribution in [3.05, 3.63) is 47.5 Å². The summed E-state index contributed by atoms with van der Waals surface area (Å²) in [6.07, 6.45) is 2.38. The van der Waals surface area contributed by atoms with Crippen LogP contribution in [0.3, 0.4) is 0 Å². The number of aromatic hydroxyl groups is 1. The van der Waals surface area contributed by atoms with Crippen molar-refractivity contribution in [2.45, 2.75) is 44.4 Å². The number of phenols is 1. The third-order valence-electron chi connectivity index (χ3n) is 4.57. The lowest BCUT2D eigenvalue weighted by atomic mass is 9.98. The predicted octanol–water partition coefficient (Wildman–Crippen LogP) is 6.49. The molecule has 0 spiro atoms. The van der Waals surface area contributed by atoms with Gasteiger partial charge in [0.1, 0.15) is 11.5 Å². The zero-order valence-corrected chi connectivity index (χ0v) is 18.7. The van der Waals surface area contributed by atoms with E-state index in [1.54, 1.807) is 42.2 Å². The minimum atomic E-state index is -0.0287. The second kappa shape index (κ2) is 10.1. The molecule has 2 aromatic carbocycles. The van der Waals surface area contributed by atoms with Crippen LogP contribution in [0.1, 0.15) is 49.0 Å². The number of hydrogen-bond acceptors (Lipinski definition) is 6. The second-order valence-electron chi connectivity index (χ2n) is 7.46. The van der Waals surface area contributed by atoms with Gasteiger partial charge in [-0.15, -0.1) is 11.3 Å². The Morgan fingerprint density at radius 1 is 1.21 bits per heavy atom. The first-order valence-corrected chi connectivity index (χ1v) is 11.7. The van der Waals surface area contributed by atoms with Gasteiger partial charge in [0.05, 0.1) is 22.4 Å². The molecule has 0 amide bonds. The number of Topliss-reactive ketones (excluding diaryl/α,β-unsaturated/α-hetero) is 1. The Bertz CT molecular complexity index is 948. The first-order chi connectivity index (χ1) is 14.0. The van der Waals surface area contributed by atoms with Crippen LogP contribution >= 0.6 is 23.1 Å². The molecule has 0 aliphatic carbocycles. The monoisotopic (exact) mass is 429 g/mol. The first kappa shape index (κ1) is 21.7. The molecule has 0 bridgehead atoms. The van der Waals surface area contributed by atoms with Gasteiger partial charge in [0.25, 0.3) is 0 Å². The summed E-state index contributed by atoms with van der Waals surface area (Å²) in [6.45, 7) is 6.36. The molecular formula is C23H27NO3S2. The molecule has 1 heterocycles. The topological polar surface area (TPSA) is 59.4 Å². The average molecular weight is 430 g/mol. The zero-order chi connectivity index (χ0) is 20.8. The molecule has 1 N–H and O–H groups in total. The number of nitrogens with zero attached hydrogens (tertiary/aromatic N) is 1. The summed E-state index contributed by atoms with van der Waals surface area (Å²) in [4.78, 5) is 16.9. The van der Waals surface area contributed by atoms with E-state index in [1.807, 2.05) is 32.0 Å². The van der Waals surface area contributed by atoms with Crippen LogP contribution in [0.4, 0.5) is 0 Å². The van der Waals surface area contributed by atoms with Crippen molar-refractivity contribution < 1.29 is 14.6 Å². The van der Waals surface area contributed by atoms with Gasteiger partial charge in [0, 0.05) is 17.7 Å². The fourth-order valence-corrected chi connectivity index (χ4v) is 5.14. The quantitative estimate of drug-likeness (QED) is 0.227. The third-order valence-corrected chi connectivity index (χ3v) is 6.84. The highest BCUT2D eigenvalue weighted by Gasteiger charge is 2.17. The number of unbranched alkanes of at least 4 members (excludes halogenated alkanes) is 1. The van der Waals surface area contributed by atoms with Gasteiger partial charge in [-0.3, -0.25) is 4.79 Å². The first-order valence-electron chi connectivity index (χ1n) is 9.92. The molecule has 0 aliphatic heterocycles. The smallest absolute Gasteiger partial charge is 0.166 e. The maximum absolute atomic E-state index is 12.2. The van der Waals surface area contributed by atoms with Crippen LogP contribution in [-0.2, 0) is 0 Å². The Labute approximate surface area is 180 Å². The molecule has 1 aromatic heterocycles. The summed E-state index contributed by atoms with van der Waals surface area (Å²) in [6, 6.07) is 11.7. The number of rotatable bonds is 10. The van der Waals surface area contributed by atoms with Crippen molar-refractivity contribution in [2.24, 2.45) is 5.92 Å². The highest BCUT2D eigenvalue weighted by atomic mass is 32.2. The molecule has 154 valence electrons. The zero-order valence-electron chi connectivity index (χ0n) is 17.1. The van der Waals surface area contributed by atoms with Gasteiger partial charge < -0.3 is 9.84 Å². The number of thiazole rings is 1. The van der Waals surface area contributed by atoms with Gasteiger partial charge in [-0.1, -0.05) is 37.7 Å². The van der Waals surface area contributed by atoms with Crippen molar-refractivity contribution in [2.75, 3.05) is 12.4 Å². The van der Waals surface area contributed by atoms with Gasteiger partial charge in [0.2, 0.25) is 0 Å². The molecule has 0 saturated carbocycles. The molecule has 0 atom stereocenters. The van der Waals surface area contributed by atoms with Crippen molar-refractivity contribution >= 4 is 39.1 Å². The highest BCUT2D eigenvalue weighted by molar-refractivity contribution is 8.01. The van der Waals surface area contributed by atoms with Gasteiger partial charge >= 0.3 is 0 Å². The summed E-state index contributed by atoms with van der Waals surface area (Å²) in [5.74, 6) is 1.91. The molecule has 29 heavy (non-hydrogen) atoms. The minimum absolute atomic E-state index is 0.0287. The van der Waals surface area contributed by atoms with Crippen molar-refractivity contribution in [3.8, 4) is 11.5 Å². The van der Waals surface area contributed by atoms with Gasteiger partial charge in [-0.05, 0) is 49.9 Å². The molecule has 0 radical (unpaired) electrons. The molecular weight excluding hydrogens is 402 g/mol. The Morgan fingerprint density at radius 3 is 2.76 bits per heavy atom. The SMILES string of the molecule is Cc1c(OCCCCSc2nc3ccccc3s2)ccc(C(=O)CC(C)C)c1O. The lowest BCUT2D eigenvalue weighted by molar-refractivity contribution is 0.0965. The minimum Gasteiger partial charge on any atom is -0.507 e. The normalized spacial score (nSPS) is 11.3. The molecule has 0 aliphatic rings. The molecule has 4 nitrogen and oxygen atoms in total. The Morgan fingerprint density at radius 2 is 2.00 bits per heavy atom. The van der Waals surface area contributed by atoms with Crippen molar-refractivity contribution in [1.29, 1.82) is 0 Å². The number of carbonyl (C=O) groups is 1. The summed E-state index contributed by atoms with van der Waals surface area (Å²) in [5, 5.41) is 10.4. The largest absolute Gasteiger partial charge is 0.507 e. The number of thioether (sulfide) groups is 1. The maximum atomic E-state index is 12.2. The fraction of sp³-hybridized carbons (Fsp3) is 0.391. The third kappa shape index (κ3) is 5.73.